The number of rotatable bonds is 2. The monoisotopic (exact) mass is 362 g/mol. The number of para-hydroxylation sites is 2. The molecule has 0 bridgehead atoms. The van der Waals surface area contributed by atoms with Crippen LogP contribution in [0.4, 0.5) is 0 Å². The van der Waals surface area contributed by atoms with Crippen LogP contribution in [0.3, 0.4) is 0 Å². The van der Waals surface area contributed by atoms with E-state index in [-0.39, 0.29) is 0 Å². The third-order valence-electron chi connectivity index (χ3n) is 4.89. The van der Waals surface area contributed by atoms with E-state index >= 15 is 0 Å². The molecule has 3 heteroatoms. The number of hydrogen-bond acceptors (Lipinski definition) is 2. The van der Waals surface area contributed by atoms with Gasteiger partial charge in [0.1, 0.15) is 0 Å². The zero-order chi connectivity index (χ0) is 15.3. The van der Waals surface area contributed by atoms with Crippen molar-refractivity contribution in [3.8, 4) is 0 Å². The van der Waals surface area contributed by atoms with Gasteiger partial charge in [0, 0.05) is 0 Å². The fraction of sp³-hybridized carbons (Fsp3) is 0.100. The Morgan fingerprint density at radius 3 is 1.61 bits per heavy atom. The summed E-state index contributed by atoms with van der Waals surface area (Å²) in [4.78, 5) is 0. The molecule has 0 radical (unpaired) electrons. The van der Waals surface area contributed by atoms with Crippen LogP contribution in [0.2, 0.25) is 10.5 Å². The van der Waals surface area contributed by atoms with Crippen molar-refractivity contribution in [2.24, 2.45) is 0 Å². The molecule has 0 aliphatic carbocycles. The van der Waals surface area contributed by atoms with Crippen molar-refractivity contribution in [3.63, 3.8) is 0 Å². The summed E-state index contributed by atoms with van der Waals surface area (Å²) in [5.74, 6) is 0. The van der Waals surface area contributed by atoms with E-state index in [4.69, 9.17) is 8.83 Å². The molecule has 0 atom stereocenters. The predicted molar refractivity (Wildman–Crippen MR) is 96.2 cm³/mol. The van der Waals surface area contributed by atoms with Crippen molar-refractivity contribution in [1.29, 1.82) is 0 Å². The average molecular weight is 361 g/mol. The fourth-order valence-electron chi connectivity index (χ4n) is 3.61. The quantitative estimate of drug-likeness (QED) is 0.393. The average Bonchev–Trinajstić information content (AvgIpc) is 3.31. The SMILES string of the molecule is C1=C[CH2][Ge]([c]2cc3ccccc3o2)([c]2cc3ccccc3o2)[CH2]1. The molecule has 23 heavy (non-hydrogen) atoms. The molecule has 1 aliphatic rings. The molecule has 0 amide bonds. The summed E-state index contributed by atoms with van der Waals surface area (Å²) >= 11 is -2.62. The van der Waals surface area contributed by atoms with Gasteiger partial charge in [-0.25, -0.2) is 0 Å². The molecule has 5 rings (SSSR count). The van der Waals surface area contributed by atoms with Crippen LogP contribution in [0.5, 0.6) is 0 Å². The van der Waals surface area contributed by atoms with Crippen LogP contribution in [-0.4, -0.2) is 13.3 Å². The van der Waals surface area contributed by atoms with Crippen LogP contribution in [0.15, 0.2) is 81.7 Å². The molecule has 0 fully saturated rings. The molecule has 1 aliphatic heterocycles. The summed E-state index contributed by atoms with van der Waals surface area (Å²) in [5, 5.41) is 4.57. The van der Waals surface area contributed by atoms with Crippen molar-refractivity contribution >= 4 is 44.4 Å². The van der Waals surface area contributed by atoms with E-state index < -0.39 is 13.3 Å². The van der Waals surface area contributed by atoms with Gasteiger partial charge in [-0.15, -0.1) is 0 Å². The van der Waals surface area contributed by atoms with Crippen molar-refractivity contribution in [1.82, 2.24) is 0 Å². The molecule has 0 unspecified atom stereocenters. The van der Waals surface area contributed by atoms with Crippen LogP contribution in [0, 0.1) is 0 Å². The summed E-state index contributed by atoms with van der Waals surface area (Å²) in [5.41, 5.74) is 1.96. The Morgan fingerprint density at radius 2 is 1.13 bits per heavy atom. The van der Waals surface area contributed by atoms with Gasteiger partial charge in [0.15, 0.2) is 0 Å². The Kier molecular flexibility index (Phi) is 2.82. The topological polar surface area (TPSA) is 26.3 Å². The fourth-order valence-corrected chi connectivity index (χ4v) is 11.6. The molecule has 0 saturated carbocycles. The molecule has 0 N–H and O–H groups in total. The Hall–Kier alpha value is -2.20. The third-order valence-corrected chi connectivity index (χ3v) is 13.8. The molecule has 2 nitrogen and oxygen atoms in total. The van der Waals surface area contributed by atoms with Gasteiger partial charge in [-0.05, 0) is 0 Å². The zero-order valence-electron chi connectivity index (χ0n) is 12.7. The summed E-state index contributed by atoms with van der Waals surface area (Å²) < 4.78 is 14.9. The van der Waals surface area contributed by atoms with Gasteiger partial charge in [0.25, 0.3) is 0 Å². The second-order valence-corrected chi connectivity index (χ2v) is 14.6. The third kappa shape index (κ3) is 1.95. The van der Waals surface area contributed by atoms with Gasteiger partial charge in [-0.3, -0.25) is 0 Å². The van der Waals surface area contributed by atoms with Gasteiger partial charge in [0.05, 0.1) is 0 Å². The maximum absolute atomic E-state index is 6.29. The first-order valence-corrected chi connectivity index (χ1v) is 13.0. The molecular weight excluding hydrogens is 345 g/mol. The molecule has 3 heterocycles. The number of hydrogen-bond donors (Lipinski definition) is 0. The van der Waals surface area contributed by atoms with Gasteiger partial charge < -0.3 is 0 Å². The first-order valence-electron chi connectivity index (χ1n) is 7.98. The summed E-state index contributed by atoms with van der Waals surface area (Å²) in [6.45, 7) is 0. The van der Waals surface area contributed by atoms with E-state index in [0.717, 1.165) is 21.7 Å². The first-order chi connectivity index (χ1) is 11.4. The van der Waals surface area contributed by atoms with E-state index in [0.29, 0.717) is 0 Å². The standard InChI is InChI=1S/C20H16GeO2/c1-3-9-17-15(7-1)13-19(22-17)21(11-5-6-12-21)20-14-16-8-2-4-10-18(16)23-20/h1-10,13-14H,11-12H2. The number of furan rings is 2. The summed E-state index contributed by atoms with van der Waals surface area (Å²) in [6, 6.07) is 21.0. The Morgan fingerprint density at radius 1 is 0.652 bits per heavy atom. The Labute approximate surface area is 136 Å². The predicted octanol–water partition coefficient (Wildman–Crippen LogP) is 4.31. The number of benzene rings is 2. The molecule has 2 aromatic carbocycles. The Balaban J connectivity index is 1.73. The van der Waals surface area contributed by atoms with Crippen LogP contribution < -0.4 is 9.19 Å². The van der Waals surface area contributed by atoms with Crippen LogP contribution in [0.25, 0.3) is 21.9 Å². The van der Waals surface area contributed by atoms with Gasteiger partial charge in [-0.1, -0.05) is 0 Å². The molecule has 112 valence electrons. The minimum absolute atomic E-state index is 0.982. The van der Waals surface area contributed by atoms with Crippen molar-refractivity contribution in [2.75, 3.05) is 0 Å². The van der Waals surface area contributed by atoms with E-state index in [9.17, 15) is 0 Å². The van der Waals surface area contributed by atoms with Crippen LogP contribution >= 0.6 is 0 Å². The second kappa shape index (κ2) is 4.90. The van der Waals surface area contributed by atoms with Crippen LogP contribution in [-0.2, 0) is 0 Å². The number of fused-ring (bicyclic) bond motifs is 2. The van der Waals surface area contributed by atoms with Gasteiger partial charge in [-0.2, -0.15) is 0 Å². The van der Waals surface area contributed by atoms with Gasteiger partial charge >= 0.3 is 137 Å². The second-order valence-electron chi connectivity index (χ2n) is 6.26. The molecule has 0 spiro atoms. The maximum atomic E-state index is 6.29. The summed E-state index contributed by atoms with van der Waals surface area (Å²) in [6.07, 6.45) is 4.61. The minimum atomic E-state index is -2.62. The van der Waals surface area contributed by atoms with E-state index in [2.05, 4.69) is 60.7 Å². The zero-order valence-corrected chi connectivity index (χ0v) is 14.8. The van der Waals surface area contributed by atoms with Crippen molar-refractivity contribution in [2.45, 2.75) is 10.5 Å². The van der Waals surface area contributed by atoms with Crippen molar-refractivity contribution in [3.05, 3.63) is 72.8 Å². The van der Waals surface area contributed by atoms with Crippen molar-refractivity contribution < 1.29 is 8.83 Å². The van der Waals surface area contributed by atoms with E-state index in [1.54, 1.807) is 0 Å². The van der Waals surface area contributed by atoms with E-state index in [1.165, 1.54) is 20.0 Å². The summed E-state index contributed by atoms with van der Waals surface area (Å²) in [7, 11) is 0. The van der Waals surface area contributed by atoms with Crippen LogP contribution in [0.1, 0.15) is 0 Å². The molecular formula is C20H16GeO2. The molecule has 2 aromatic heterocycles. The first kappa shape index (κ1) is 13.3. The molecule has 4 aromatic rings. The van der Waals surface area contributed by atoms with E-state index in [1.807, 2.05) is 12.1 Å². The Bertz CT molecular complexity index is 888. The molecule has 0 saturated heterocycles. The number of allylic oxidation sites excluding steroid dienone is 2. The van der Waals surface area contributed by atoms with Gasteiger partial charge in [0.2, 0.25) is 0 Å². The normalized spacial score (nSPS) is 16.5.